The molecule has 1 saturated heterocycles. The van der Waals surface area contributed by atoms with Crippen molar-refractivity contribution in [1.82, 2.24) is 9.88 Å². The molecule has 1 fully saturated rings. The number of rotatable bonds is 4. The van der Waals surface area contributed by atoms with Crippen molar-refractivity contribution in [3.05, 3.63) is 28.5 Å². The molecule has 0 N–H and O–H groups in total. The zero-order valence-electron chi connectivity index (χ0n) is 11.4. The Morgan fingerprint density at radius 3 is 2.95 bits per heavy atom. The number of carbonyl (C=O) groups is 1. The summed E-state index contributed by atoms with van der Waals surface area (Å²) in [5.41, 5.74) is 1.08. The summed E-state index contributed by atoms with van der Waals surface area (Å²) in [7, 11) is 0. The maximum absolute atomic E-state index is 11.4. The number of nitrogens with zero attached hydrogens (tertiary/aromatic N) is 2. The highest BCUT2D eigenvalue weighted by atomic mass is 79.9. The number of hydrogen-bond donors (Lipinski definition) is 0. The van der Waals surface area contributed by atoms with E-state index in [2.05, 4.69) is 31.9 Å². The first kappa shape index (κ1) is 14.7. The van der Waals surface area contributed by atoms with Crippen LogP contribution in [0.15, 0.2) is 22.8 Å². The molecule has 0 aliphatic carbocycles. The van der Waals surface area contributed by atoms with Crippen molar-refractivity contribution in [2.24, 2.45) is 0 Å². The number of hydrogen-bond acceptors (Lipinski definition) is 3. The monoisotopic (exact) mass is 324 g/mol. The van der Waals surface area contributed by atoms with E-state index in [4.69, 9.17) is 0 Å². The second-order valence-corrected chi connectivity index (χ2v) is 6.26. The van der Waals surface area contributed by atoms with Gasteiger partial charge < -0.3 is 0 Å². The molecular weight excluding hydrogens is 304 g/mol. The van der Waals surface area contributed by atoms with Gasteiger partial charge in [0.05, 0.1) is 5.69 Å². The average molecular weight is 325 g/mol. The van der Waals surface area contributed by atoms with E-state index in [1.54, 1.807) is 6.92 Å². The first-order valence-electron chi connectivity index (χ1n) is 6.99. The van der Waals surface area contributed by atoms with E-state index in [1.807, 2.05) is 12.3 Å². The van der Waals surface area contributed by atoms with Gasteiger partial charge in [-0.2, -0.15) is 0 Å². The predicted molar refractivity (Wildman–Crippen MR) is 79.9 cm³/mol. The van der Waals surface area contributed by atoms with Crippen LogP contribution >= 0.6 is 15.9 Å². The minimum Gasteiger partial charge on any atom is -0.300 e. The van der Waals surface area contributed by atoms with Crippen LogP contribution in [0.1, 0.15) is 44.7 Å². The maximum Gasteiger partial charge on any atom is 0.131 e. The van der Waals surface area contributed by atoms with Crippen molar-refractivity contribution in [2.75, 3.05) is 6.54 Å². The minimum absolute atomic E-state index is 0.292. The van der Waals surface area contributed by atoms with E-state index in [1.165, 1.54) is 19.3 Å². The van der Waals surface area contributed by atoms with Gasteiger partial charge in [0.15, 0.2) is 0 Å². The van der Waals surface area contributed by atoms with Crippen molar-refractivity contribution in [3.63, 3.8) is 0 Å². The minimum atomic E-state index is 0.292. The lowest BCUT2D eigenvalue weighted by atomic mass is 10.0. The molecule has 0 aromatic carbocycles. The van der Waals surface area contributed by atoms with Crippen LogP contribution in [0.3, 0.4) is 0 Å². The second kappa shape index (κ2) is 7.15. The Balaban J connectivity index is 2.04. The zero-order chi connectivity index (χ0) is 13.7. The first-order chi connectivity index (χ1) is 9.15. The molecule has 0 bridgehead atoms. The van der Waals surface area contributed by atoms with E-state index in [-0.39, 0.29) is 0 Å². The molecule has 1 aromatic heterocycles. The maximum atomic E-state index is 11.4. The summed E-state index contributed by atoms with van der Waals surface area (Å²) < 4.78 is 1.01. The Morgan fingerprint density at radius 1 is 1.42 bits per heavy atom. The highest BCUT2D eigenvalue weighted by Gasteiger charge is 2.22. The van der Waals surface area contributed by atoms with Crippen LogP contribution in [-0.2, 0) is 11.3 Å². The van der Waals surface area contributed by atoms with Crippen LogP contribution < -0.4 is 0 Å². The number of aromatic nitrogens is 1. The molecule has 0 spiro atoms. The fourth-order valence-electron chi connectivity index (χ4n) is 2.72. The topological polar surface area (TPSA) is 33.2 Å². The van der Waals surface area contributed by atoms with Gasteiger partial charge in [0.1, 0.15) is 5.78 Å². The number of pyridine rings is 1. The first-order valence-corrected chi connectivity index (χ1v) is 7.78. The third kappa shape index (κ3) is 4.69. The van der Waals surface area contributed by atoms with E-state index in [9.17, 15) is 4.79 Å². The molecular formula is C15H21BrN2O. The third-order valence-corrected chi connectivity index (χ3v) is 4.14. The number of halogens is 1. The molecule has 1 unspecified atom stereocenters. The smallest absolute Gasteiger partial charge is 0.131 e. The quantitative estimate of drug-likeness (QED) is 0.848. The van der Waals surface area contributed by atoms with Crippen molar-refractivity contribution >= 4 is 21.7 Å². The van der Waals surface area contributed by atoms with Gasteiger partial charge >= 0.3 is 0 Å². The molecule has 0 radical (unpaired) electrons. The Hall–Kier alpha value is -0.740. The van der Waals surface area contributed by atoms with Crippen LogP contribution in [-0.4, -0.2) is 28.3 Å². The van der Waals surface area contributed by atoms with E-state index in [0.29, 0.717) is 18.2 Å². The van der Waals surface area contributed by atoms with Crippen molar-refractivity contribution in [1.29, 1.82) is 0 Å². The largest absolute Gasteiger partial charge is 0.300 e. The lowest BCUT2D eigenvalue weighted by Crippen LogP contribution is -2.35. The van der Waals surface area contributed by atoms with Gasteiger partial charge in [0.25, 0.3) is 0 Å². The summed E-state index contributed by atoms with van der Waals surface area (Å²) in [6.07, 6.45) is 7.39. The van der Waals surface area contributed by atoms with Gasteiger partial charge in [0, 0.05) is 29.7 Å². The van der Waals surface area contributed by atoms with Gasteiger partial charge in [0.2, 0.25) is 0 Å². The Labute approximate surface area is 123 Å². The molecule has 3 nitrogen and oxygen atoms in total. The molecule has 1 atom stereocenters. The normalized spacial score (nSPS) is 21.1. The lowest BCUT2D eigenvalue weighted by Gasteiger charge is -2.29. The number of ketones is 1. The molecule has 0 amide bonds. The summed E-state index contributed by atoms with van der Waals surface area (Å²) in [6, 6.07) is 4.48. The molecule has 2 heterocycles. The van der Waals surface area contributed by atoms with Gasteiger partial charge in [-0.15, -0.1) is 0 Å². The van der Waals surface area contributed by atoms with E-state index >= 15 is 0 Å². The van der Waals surface area contributed by atoms with Gasteiger partial charge in [-0.05, 0) is 54.4 Å². The van der Waals surface area contributed by atoms with Crippen molar-refractivity contribution < 1.29 is 4.79 Å². The Bertz CT molecular complexity index is 419. The number of Topliss-reactive ketones (excluding diaryl/α,β-unsaturated/α-hetero) is 1. The molecule has 2 rings (SSSR count). The van der Waals surface area contributed by atoms with Crippen LogP contribution in [0, 0.1) is 0 Å². The Kier molecular flexibility index (Phi) is 5.52. The summed E-state index contributed by atoms with van der Waals surface area (Å²) in [5, 5.41) is 0. The average Bonchev–Trinajstić information content (AvgIpc) is 2.58. The predicted octanol–water partition coefficient (Wildman–Crippen LogP) is 3.57. The Morgan fingerprint density at radius 2 is 2.26 bits per heavy atom. The van der Waals surface area contributed by atoms with E-state index < -0.39 is 0 Å². The molecule has 1 aliphatic heterocycles. The lowest BCUT2D eigenvalue weighted by molar-refractivity contribution is -0.118. The molecule has 4 heteroatoms. The summed E-state index contributed by atoms with van der Waals surface area (Å²) in [4.78, 5) is 18.3. The number of carbonyl (C=O) groups excluding carboxylic acids is 1. The summed E-state index contributed by atoms with van der Waals surface area (Å²) in [6.45, 7) is 3.63. The third-order valence-electron chi connectivity index (χ3n) is 3.68. The van der Waals surface area contributed by atoms with Crippen LogP contribution in [0.2, 0.25) is 0 Å². The highest BCUT2D eigenvalue weighted by molar-refractivity contribution is 9.10. The fourth-order valence-corrected chi connectivity index (χ4v) is 2.95. The molecule has 0 saturated carbocycles. The van der Waals surface area contributed by atoms with Gasteiger partial charge in [-0.3, -0.25) is 14.7 Å². The molecule has 104 valence electrons. The highest BCUT2D eigenvalue weighted by Crippen LogP contribution is 2.21. The molecule has 1 aromatic rings. The van der Waals surface area contributed by atoms with E-state index in [0.717, 1.165) is 29.7 Å². The second-order valence-electron chi connectivity index (χ2n) is 5.35. The standard InChI is InChI=1S/C15H21BrN2O/c1-12(19)9-15-5-3-2-4-8-18(15)11-14-7-6-13(16)10-17-14/h6-7,10,15H,2-5,8-9,11H2,1H3. The van der Waals surface area contributed by atoms with Crippen molar-refractivity contribution in [2.45, 2.75) is 51.6 Å². The number of likely N-dealkylation sites (tertiary alicyclic amines) is 1. The van der Waals surface area contributed by atoms with Crippen LogP contribution in [0.4, 0.5) is 0 Å². The van der Waals surface area contributed by atoms with Crippen LogP contribution in [0.5, 0.6) is 0 Å². The summed E-state index contributed by atoms with van der Waals surface area (Å²) >= 11 is 3.41. The van der Waals surface area contributed by atoms with Gasteiger partial charge in [-0.1, -0.05) is 12.8 Å². The SMILES string of the molecule is CC(=O)CC1CCCCCN1Cc1ccc(Br)cn1. The fraction of sp³-hybridized carbons (Fsp3) is 0.600. The van der Waals surface area contributed by atoms with Crippen molar-refractivity contribution in [3.8, 4) is 0 Å². The molecule has 19 heavy (non-hydrogen) atoms. The molecule has 1 aliphatic rings. The van der Waals surface area contributed by atoms with Crippen LogP contribution in [0.25, 0.3) is 0 Å². The zero-order valence-corrected chi connectivity index (χ0v) is 13.0. The summed E-state index contributed by atoms with van der Waals surface area (Å²) in [5.74, 6) is 0.292. The van der Waals surface area contributed by atoms with Gasteiger partial charge in [-0.25, -0.2) is 0 Å².